The van der Waals surface area contributed by atoms with Crippen LogP contribution in [0.1, 0.15) is 11.4 Å². The minimum atomic E-state index is -4.48. The molecular weight excluding hydrogens is 217 g/mol. The number of nitrogens with zero attached hydrogens (tertiary/aromatic N) is 1. The maximum Gasteiger partial charge on any atom is 0.358 e. The third kappa shape index (κ3) is 3.04. The second-order valence-corrected chi connectivity index (χ2v) is 5.12. The quantitative estimate of drug-likeness (QED) is 0.674. The normalized spacial score (nSPS) is 13.7. The highest BCUT2D eigenvalue weighted by Gasteiger charge is 2.27. The van der Waals surface area contributed by atoms with Crippen molar-refractivity contribution in [2.45, 2.75) is 5.85 Å². The van der Waals surface area contributed by atoms with E-state index in [1.807, 2.05) is 19.0 Å². The van der Waals surface area contributed by atoms with Gasteiger partial charge in [-0.05, 0) is 17.7 Å². The lowest BCUT2D eigenvalue weighted by Crippen LogP contribution is -2.08. The Morgan fingerprint density at radius 2 is 1.67 bits per heavy atom. The average Bonchev–Trinajstić information content (AvgIpc) is 2.15. The number of aliphatic hydroxyl groups excluding tert-OH is 1. The van der Waals surface area contributed by atoms with Gasteiger partial charge in [-0.1, -0.05) is 12.1 Å². The lowest BCUT2D eigenvalue weighted by atomic mass is 10.2. The van der Waals surface area contributed by atoms with Gasteiger partial charge in [-0.2, -0.15) is 0 Å². The van der Waals surface area contributed by atoms with Crippen LogP contribution in [0, 0.1) is 0 Å². The lowest BCUT2D eigenvalue weighted by molar-refractivity contribution is 0.205. The van der Waals surface area contributed by atoms with Gasteiger partial charge in [0, 0.05) is 19.8 Å². The zero-order valence-electron chi connectivity index (χ0n) is 8.53. The Labute approximate surface area is 88.1 Å². The summed E-state index contributed by atoms with van der Waals surface area (Å²) in [7, 11) is -0.764. The minimum Gasteiger partial charge on any atom is -0.378 e. The molecule has 1 unspecified atom stereocenters. The highest BCUT2D eigenvalue weighted by Crippen LogP contribution is 2.49. The third-order valence-electron chi connectivity index (χ3n) is 2.03. The summed E-state index contributed by atoms with van der Waals surface area (Å²) >= 11 is 0. The predicted octanol–water partition coefficient (Wildman–Crippen LogP) is 0.921. The van der Waals surface area contributed by atoms with Crippen LogP contribution in [0.5, 0.6) is 0 Å². The van der Waals surface area contributed by atoms with Crippen LogP contribution in [0.3, 0.4) is 0 Å². The second-order valence-electron chi connectivity index (χ2n) is 3.45. The van der Waals surface area contributed by atoms with Gasteiger partial charge in [0.05, 0.1) is 0 Å². The Balaban J connectivity index is 2.94. The van der Waals surface area contributed by atoms with Crippen molar-refractivity contribution in [2.75, 3.05) is 19.0 Å². The summed E-state index contributed by atoms with van der Waals surface area (Å²) in [5.41, 5.74) is 1.12. The van der Waals surface area contributed by atoms with Gasteiger partial charge in [0.1, 0.15) is 0 Å². The molecule has 1 atom stereocenters. The molecule has 0 aromatic heterocycles. The molecule has 0 aliphatic heterocycles. The average molecular weight is 231 g/mol. The molecule has 0 amide bonds. The first-order chi connectivity index (χ1) is 6.82. The van der Waals surface area contributed by atoms with E-state index < -0.39 is 13.4 Å². The number of hydrogen-bond donors (Lipinski definition) is 3. The van der Waals surface area contributed by atoms with E-state index in [0.717, 1.165) is 5.69 Å². The van der Waals surface area contributed by atoms with Crippen LogP contribution >= 0.6 is 7.60 Å². The van der Waals surface area contributed by atoms with Crippen molar-refractivity contribution < 1.29 is 19.5 Å². The highest BCUT2D eigenvalue weighted by atomic mass is 31.2. The monoisotopic (exact) mass is 231 g/mol. The molecule has 0 saturated carbocycles. The van der Waals surface area contributed by atoms with Gasteiger partial charge in [-0.15, -0.1) is 0 Å². The Morgan fingerprint density at radius 3 is 2.00 bits per heavy atom. The van der Waals surface area contributed by atoms with Crippen molar-refractivity contribution in [2.24, 2.45) is 0 Å². The van der Waals surface area contributed by atoms with Crippen LogP contribution in [0.2, 0.25) is 0 Å². The smallest absolute Gasteiger partial charge is 0.358 e. The van der Waals surface area contributed by atoms with E-state index in [-0.39, 0.29) is 5.56 Å². The molecular formula is C9H14NO4P. The first-order valence-electron chi connectivity index (χ1n) is 4.33. The molecule has 0 aliphatic rings. The fourth-order valence-corrected chi connectivity index (χ4v) is 1.70. The van der Waals surface area contributed by atoms with Crippen molar-refractivity contribution in [1.82, 2.24) is 0 Å². The summed E-state index contributed by atoms with van der Waals surface area (Å²) in [4.78, 5) is 19.4. The maximum absolute atomic E-state index is 10.8. The summed E-state index contributed by atoms with van der Waals surface area (Å²) in [6.07, 6.45) is 0. The Kier molecular flexibility index (Phi) is 3.52. The summed E-state index contributed by atoms with van der Waals surface area (Å²) in [6, 6.07) is 6.38. The number of rotatable bonds is 3. The molecule has 5 nitrogen and oxygen atoms in total. The Morgan fingerprint density at radius 1 is 1.20 bits per heavy atom. The fourth-order valence-electron chi connectivity index (χ4n) is 1.14. The number of benzene rings is 1. The van der Waals surface area contributed by atoms with Gasteiger partial charge in [-0.3, -0.25) is 4.57 Å². The van der Waals surface area contributed by atoms with Gasteiger partial charge in [0.25, 0.3) is 0 Å². The summed E-state index contributed by atoms with van der Waals surface area (Å²) in [5.74, 6) is -1.74. The van der Waals surface area contributed by atoms with Gasteiger partial charge in [-0.25, -0.2) is 0 Å². The first-order valence-corrected chi connectivity index (χ1v) is 6.01. The second kappa shape index (κ2) is 4.33. The molecule has 0 fully saturated rings. The van der Waals surface area contributed by atoms with E-state index in [2.05, 4.69) is 0 Å². The third-order valence-corrected chi connectivity index (χ3v) is 2.96. The van der Waals surface area contributed by atoms with Crippen LogP contribution < -0.4 is 4.90 Å². The largest absolute Gasteiger partial charge is 0.378 e. The van der Waals surface area contributed by atoms with Crippen molar-refractivity contribution in [3.63, 3.8) is 0 Å². The number of anilines is 1. The molecule has 1 rings (SSSR count). The molecule has 0 radical (unpaired) electrons. The van der Waals surface area contributed by atoms with E-state index >= 15 is 0 Å². The molecule has 1 aromatic rings. The van der Waals surface area contributed by atoms with E-state index in [9.17, 15) is 9.67 Å². The molecule has 84 valence electrons. The van der Waals surface area contributed by atoms with Gasteiger partial charge in [0.15, 0.2) is 5.85 Å². The van der Waals surface area contributed by atoms with Crippen molar-refractivity contribution >= 4 is 13.3 Å². The topological polar surface area (TPSA) is 81.0 Å². The molecule has 3 N–H and O–H groups in total. The summed E-state index contributed by atoms with van der Waals surface area (Å²) in [5, 5.41) is 9.31. The number of hydrogen-bond acceptors (Lipinski definition) is 3. The molecule has 0 bridgehead atoms. The van der Waals surface area contributed by atoms with Crippen molar-refractivity contribution in [3.05, 3.63) is 29.8 Å². The van der Waals surface area contributed by atoms with Crippen LogP contribution in [-0.2, 0) is 4.57 Å². The Bertz CT molecular complexity index is 370. The van der Waals surface area contributed by atoms with Crippen LogP contribution in [-0.4, -0.2) is 29.0 Å². The maximum atomic E-state index is 10.8. The van der Waals surface area contributed by atoms with E-state index in [4.69, 9.17) is 9.79 Å². The number of aliphatic hydroxyl groups is 1. The molecule has 0 heterocycles. The van der Waals surface area contributed by atoms with E-state index in [0.29, 0.717) is 0 Å². The molecule has 0 spiro atoms. The lowest BCUT2D eigenvalue weighted by Gasteiger charge is -2.15. The zero-order valence-corrected chi connectivity index (χ0v) is 9.43. The highest BCUT2D eigenvalue weighted by molar-refractivity contribution is 7.51. The van der Waals surface area contributed by atoms with Crippen molar-refractivity contribution in [3.8, 4) is 0 Å². The molecule has 0 saturated heterocycles. The van der Waals surface area contributed by atoms with Gasteiger partial charge < -0.3 is 19.8 Å². The molecule has 1 aromatic carbocycles. The minimum absolute atomic E-state index is 0.217. The predicted molar refractivity (Wildman–Crippen MR) is 57.8 cm³/mol. The van der Waals surface area contributed by atoms with E-state index in [1.54, 1.807) is 12.1 Å². The summed E-state index contributed by atoms with van der Waals surface area (Å²) < 4.78 is 10.8. The summed E-state index contributed by atoms with van der Waals surface area (Å²) in [6.45, 7) is 0. The van der Waals surface area contributed by atoms with Gasteiger partial charge in [0.2, 0.25) is 0 Å². The van der Waals surface area contributed by atoms with E-state index in [1.165, 1.54) is 12.1 Å². The Hall–Kier alpha value is -0.870. The molecule has 0 aliphatic carbocycles. The SMILES string of the molecule is CN(C)c1ccc(C(O)P(=O)(O)O)cc1. The molecule has 15 heavy (non-hydrogen) atoms. The fraction of sp³-hybridized carbons (Fsp3) is 0.333. The molecule has 6 heteroatoms. The zero-order chi connectivity index (χ0) is 11.6. The van der Waals surface area contributed by atoms with Crippen LogP contribution in [0.25, 0.3) is 0 Å². The van der Waals surface area contributed by atoms with Crippen LogP contribution in [0.4, 0.5) is 5.69 Å². The first kappa shape index (κ1) is 12.2. The van der Waals surface area contributed by atoms with Crippen LogP contribution in [0.15, 0.2) is 24.3 Å². The standard InChI is InChI=1S/C9H14NO4P/c1-10(2)8-5-3-7(4-6-8)9(11)15(12,13)14/h3-6,9,11H,1-2H3,(H2,12,13,14). The van der Waals surface area contributed by atoms with Gasteiger partial charge >= 0.3 is 7.60 Å². The van der Waals surface area contributed by atoms with Crippen molar-refractivity contribution in [1.29, 1.82) is 0 Å².